The molecule has 34 heavy (non-hydrogen) atoms. The fourth-order valence-corrected chi connectivity index (χ4v) is 3.98. The summed E-state index contributed by atoms with van der Waals surface area (Å²) >= 11 is 6.07. The van der Waals surface area contributed by atoms with E-state index in [2.05, 4.69) is 35.4 Å². The molecule has 1 atom stereocenters. The summed E-state index contributed by atoms with van der Waals surface area (Å²) in [5.41, 5.74) is 6.54. The minimum atomic E-state index is -0.778. The number of halogens is 1. The first kappa shape index (κ1) is 23.8. The highest BCUT2D eigenvalue weighted by Crippen LogP contribution is 2.27. The van der Waals surface area contributed by atoms with Gasteiger partial charge in [0.25, 0.3) is 0 Å². The zero-order valence-corrected chi connectivity index (χ0v) is 19.8. The van der Waals surface area contributed by atoms with E-state index in [1.807, 2.05) is 42.6 Å². The van der Waals surface area contributed by atoms with Crippen LogP contribution in [0.15, 0.2) is 67.0 Å². The van der Waals surface area contributed by atoms with Crippen LogP contribution >= 0.6 is 11.6 Å². The van der Waals surface area contributed by atoms with Gasteiger partial charge in [0, 0.05) is 42.0 Å². The molecule has 2 aromatic heterocycles. The number of carboxylic acid groups (broad SMARTS) is 1. The molecule has 0 saturated heterocycles. The van der Waals surface area contributed by atoms with E-state index in [1.54, 1.807) is 6.20 Å². The van der Waals surface area contributed by atoms with Crippen molar-refractivity contribution in [1.82, 2.24) is 20.3 Å². The highest BCUT2D eigenvalue weighted by molar-refractivity contribution is 6.30. The number of pyridine rings is 1. The fourth-order valence-electron chi connectivity index (χ4n) is 3.85. The topological polar surface area (TPSA) is 88.0 Å². The average Bonchev–Trinajstić information content (AvgIpc) is 2.85. The molecule has 2 heterocycles. The van der Waals surface area contributed by atoms with Crippen molar-refractivity contribution >= 4 is 28.6 Å². The number of hydrogen-bond donors (Lipinski definition) is 2. The van der Waals surface area contributed by atoms with Crippen molar-refractivity contribution in [3.8, 4) is 11.3 Å². The number of benzene rings is 2. The SMILES string of the molecule is C[C@@H](NCc1ccc2nc(-c3ccc(Cl)cc3)c(CCCCC(=O)O)nc2c1)c1cccnc1. The van der Waals surface area contributed by atoms with E-state index in [4.69, 9.17) is 26.7 Å². The molecule has 0 saturated carbocycles. The first-order chi connectivity index (χ1) is 16.5. The number of carboxylic acids is 1. The van der Waals surface area contributed by atoms with E-state index in [-0.39, 0.29) is 12.5 Å². The van der Waals surface area contributed by atoms with Gasteiger partial charge in [-0.15, -0.1) is 0 Å². The summed E-state index contributed by atoms with van der Waals surface area (Å²) in [7, 11) is 0. The highest BCUT2D eigenvalue weighted by Gasteiger charge is 2.13. The second-order valence-corrected chi connectivity index (χ2v) is 8.78. The molecular weight excluding hydrogens is 448 g/mol. The van der Waals surface area contributed by atoms with Crippen molar-refractivity contribution < 1.29 is 9.90 Å². The Morgan fingerprint density at radius 3 is 2.62 bits per heavy atom. The van der Waals surface area contributed by atoms with Crippen LogP contribution in [-0.2, 0) is 17.8 Å². The van der Waals surface area contributed by atoms with Crippen LogP contribution in [0.2, 0.25) is 5.02 Å². The van der Waals surface area contributed by atoms with Crippen LogP contribution in [0, 0.1) is 0 Å². The lowest BCUT2D eigenvalue weighted by molar-refractivity contribution is -0.137. The first-order valence-electron chi connectivity index (χ1n) is 11.4. The normalized spacial score (nSPS) is 12.1. The quantitative estimate of drug-likeness (QED) is 0.274. The van der Waals surface area contributed by atoms with Gasteiger partial charge in [0.15, 0.2) is 0 Å². The maximum Gasteiger partial charge on any atom is 0.303 e. The number of aromatic nitrogens is 3. The molecule has 0 aliphatic rings. The number of fused-ring (bicyclic) bond motifs is 1. The summed E-state index contributed by atoms with van der Waals surface area (Å²) in [6.45, 7) is 2.81. The number of aryl methyl sites for hydroxylation is 1. The highest BCUT2D eigenvalue weighted by atomic mass is 35.5. The molecule has 0 radical (unpaired) electrons. The van der Waals surface area contributed by atoms with E-state index >= 15 is 0 Å². The van der Waals surface area contributed by atoms with Crippen LogP contribution in [0.4, 0.5) is 0 Å². The fraction of sp³-hybridized carbons (Fsp3) is 0.259. The van der Waals surface area contributed by atoms with Crippen molar-refractivity contribution in [2.45, 2.75) is 45.2 Å². The van der Waals surface area contributed by atoms with Gasteiger partial charge < -0.3 is 10.4 Å². The van der Waals surface area contributed by atoms with Gasteiger partial charge in [0.2, 0.25) is 0 Å². The summed E-state index contributed by atoms with van der Waals surface area (Å²) in [5.74, 6) is -0.778. The van der Waals surface area contributed by atoms with E-state index in [0.29, 0.717) is 24.4 Å². The molecule has 0 spiro atoms. The van der Waals surface area contributed by atoms with Crippen LogP contribution in [-0.4, -0.2) is 26.0 Å². The van der Waals surface area contributed by atoms with E-state index in [0.717, 1.165) is 45.5 Å². The van der Waals surface area contributed by atoms with E-state index in [1.165, 1.54) is 0 Å². The molecule has 0 amide bonds. The molecule has 0 aliphatic carbocycles. The molecule has 4 aromatic rings. The zero-order valence-electron chi connectivity index (χ0n) is 19.0. The molecule has 0 aliphatic heterocycles. The second-order valence-electron chi connectivity index (χ2n) is 8.34. The van der Waals surface area contributed by atoms with Crippen molar-refractivity contribution in [2.75, 3.05) is 0 Å². The van der Waals surface area contributed by atoms with Crippen molar-refractivity contribution in [3.05, 3.63) is 88.8 Å². The Labute approximate surface area is 204 Å². The summed E-state index contributed by atoms with van der Waals surface area (Å²) < 4.78 is 0. The molecule has 0 unspecified atom stereocenters. The lowest BCUT2D eigenvalue weighted by Gasteiger charge is -2.15. The van der Waals surface area contributed by atoms with E-state index < -0.39 is 5.97 Å². The predicted molar refractivity (Wildman–Crippen MR) is 135 cm³/mol. The third kappa shape index (κ3) is 6.16. The summed E-state index contributed by atoms with van der Waals surface area (Å²) in [6, 6.07) is 17.9. The van der Waals surface area contributed by atoms with Gasteiger partial charge in [-0.05, 0) is 67.6 Å². The molecule has 174 valence electrons. The molecule has 6 nitrogen and oxygen atoms in total. The Morgan fingerprint density at radius 2 is 1.88 bits per heavy atom. The number of rotatable bonds is 10. The van der Waals surface area contributed by atoms with Gasteiger partial charge in [-0.2, -0.15) is 0 Å². The van der Waals surface area contributed by atoms with Crippen LogP contribution in [0.3, 0.4) is 0 Å². The van der Waals surface area contributed by atoms with Gasteiger partial charge in [-0.25, -0.2) is 9.97 Å². The minimum absolute atomic E-state index is 0.155. The Morgan fingerprint density at radius 1 is 1.06 bits per heavy atom. The lowest BCUT2D eigenvalue weighted by Crippen LogP contribution is -2.18. The number of carbonyl (C=O) groups is 1. The van der Waals surface area contributed by atoms with Crippen molar-refractivity contribution in [1.29, 1.82) is 0 Å². The summed E-state index contributed by atoms with van der Waals surface area (Å²) in [6.07, 6.45) is 5.80. The van der Waals surface area contributed by atoms with Gasteiger partial charge in [-0.3, -0.25) is 9.78 Å². The van der Waals surface area contributed by atoms with Crippen LogP contribution < -0.4 is 5.32 Å². The van der Waals surface area contributed by atoms with Crippen LogP contribution in [0.25, 0.3) is 22.3 Å². The Kier molecular flexibility index (Phi) is 7.83. The third-order valence-electron chi connectivity index (χ3n) is 5.77. The minimum Gasteiger partial charge on any atom is -0.481 e. The molecule has 2 aromatic carbocycles. The van der Waals surface area contributed by atoms with Gasteiger partial charge in [0.05, 0.1) is 22.4 Å². The monoisotopic (exact) mass is 474 g/mol. The van der Waals surface area contributed by atoms with Crippen molar-refractivity contribution in [3.63, 3.8) is 0 Å². The third-order valence-corrected chi connectivity index (χ3v) is 6.02. The van der Waals surface area contributed by atoms with Gasteiger partial charge >= 0.3 is 5.97 Å². The van der Waals surface area contributed by atoms with Gasteiger partial charge in [0.1, 0.15) is 0 Å². The molecule has 4 rings (SSSR count). The summed E-state index contributed by atoms with van der Waals surface area (Å²) in [5, 5.41) is 13.2. The predicted octanol–water partition coefficient (Wildman–Crippen LogP) is 5.99. The average molecular weight is 475 g/mol. The van der Waals surface area contributed by atoms with Crippen molar-refractivity contribution in [2.24, 2.45) is 0 Å². The standard InChI is InChI=1S/C27H27ClN4O2/c1-18(21-5-4-14-29-17-21)30-16-19-8-13-23-25(15-19)31-24(6-2-3-7-26(33)34)27(32-23)20-9-11-22(28)12-10-20/h4-5,8-15,17-18,30H,2-3,6-7,16H2,1H3,(H,33,34)/t18-/m1/s1. The van der Waals surface area contributed by atoms with Gasteiger partial charge in [-0.1, -0.05) is 35.9 Å². The van der Waals surface area contributed by atoms with E-state index in [9.17, 15) is 4.79 Å². The largest absolute Gasteiger partial charge is 0.481 e. The molecule has 7 heteroatoms. The number of unbranched alkanes of at least 4 members (excludes halogenated alkanes) is 1. The molecular formula is C27H27ClN4O2. The molecule has 2 N–H and O–H groups in total. The first-order valence-corrected chi connectivity index (χ1v) is 11.8. The Balaban J connectivity index is 1.58. The second kappa shape index (κ2) is 11.2. The number of hydrogen-bond acceptors (Lipinski definition) is 5. The lowest BCUT2D eigenvalue weighted by atomic mass is 10.0. The zero-order chi connectivity index (χ0) is 23.9. The number of nitrogens with zero attached hydrogens (tertiary/aromatic N) is 3. The molecule has 0 fully saturated rings. The molecule has 0 bridgehead atoms. The maximum absolute atomic E-state index is 10.9. The number of nitrogens with one attached hydrogen (secondary N) is 1. The smallest absolute Gasteiger partial charge is 0.303 e. The Bertz CT molecular complexity index is 1260. The maximum atomic E-state index is 10.9. The van der Waals surface area contributed by atoms with Crippen LogP contribution in [0.5, 0.6) is 0 Å². The Hall–Kier alpha value is -3.35. The van der Waals surface area contributed by atoms with Crippen LogP contribution in [0.1, 0.15) is 49.0 Å². The number of aliphatic carboxylic acids is 1. The summed E-state index contributed by atoms with van der Waals surface area (Å²) in [4.78, 5) is 25.0.